The summed E-state index contributed by atoms with van der Waals surface area (Å²) in [7, 11) is 3.60. The molecule has 0 spiro atoms. The number of benzene rings is 2. The molecule has 5 nitrogen and oxygen atoms in total. The summed E-state index contributed by atoms with van der Waals surface area (Å²) in [5, 5.41) is 14.4. The van der Waals surface area contributed by atoms with Crippen molar-refractivity contribution in [3.8, 4) is 0 Å². The minimum atomic E-state index is -0.342. The maximum absolute atomic E-state index is 11.2. The molecule has 0 aliphatic heterocycles. The van der Waals surface area contributed by atoms with Crippen LogP contribution in [0.4, 0.5) is 17.1 Å². The van der Waals surface area contributed by atoms with Crippen LogP contribution in [0.15, 0.2) is 42.5 Å². The van der Waals surface area contributed by atoms with Crippen molar-refractivity contribution in [1.29, 1.82) is 0 Å². The van der Waals surface area contributed by atoms with E-state index in [1.54, 1.807) is 31.1 Å². The second kappa shape index (κ2) is 6.26. The van der Waals surface area contributed by atoms with Crippen LogP contribution in [0.1, 0.15) is 11.1 Å². The standard InChI is InChI=1S/C16H19N3O2/c1-12-5-4-6-14(9-12)17-11-13-7-8-15(18(2)3)16(10-13)19(20)21/h4-10,17H,11H2,1-3H3. The minimum absolute atomic E-state index is 0.128. The molecule has 0 saturated carbocycles. The molecule has 0 bridgehead atoms. The third-order valence-corrected chi connectivity index (χ3v) is 3.23. The van der Waals surface area contributed by atoms with Gasteiger partial charge >= 0.3 is 0 Å². The lowest BCUT2D eigenvalue weighted by molar-refractivity contribution is -0.384. The highest BCUT2D eigenvalue weighted by molar-refractivity contribution is 5.63. The molecule has 0 aliphatic rings. The lowest BCUT2D eigenvalue weighted by Gasteiger charge is -2.14. The molecular formula is C16H19N3O2. The minimum Gasteiger partial charge on any atom is -0.381 e. The van der Waals surface area contributed by atoms with Gasteiger partial charge in [0, 0.05) is 32.4 Å². The Labute approximate surface area is 124 Å². The van der Waals surface area contributed by atoms with Gasteiger partial charge in [-0.15, -0.1) is 0 Å². The molecule has 0 fully saturated rings. The first-order valence-corrected chi connectivity index (χ1v) is 6.72. The van der Waals surface area contributed by atoms with Gasteiger partial charge < -0.3 is 10.2 Å². The van der Waals surface area contributed by atoms with Gasteiger partial charge in [0.25, 0.3) is 5.69 Å². The van der Waals surface area contributed by atoms with Crippen LogP contribution in [0.5, 0.6) is 0 Å². The quantitative estimate of drug-likeness (QED) is 0.674. The normalized spacial score (nSPS) is 10.2. The van der Waals surface area contributed by atoms with E-state index in [2.05, 4.69) is 5.32 Å². The van der Waals surface area contributed by atoms with E-state index in [1.807, 2.05) is 37.3 Å². The predicted octanol–water partition coefficient (Wildman–Crippen LogP) is 3.58. The molecule has 2 rings (SSSR count). The smallest absolute Gasteiger partial charge is 0.292 e. The molecule has 2 aromatic rings. The van der Waals surface area contributed by atoms with E-state index in [0.717, 1.165) is 11.3 Å². The molecule has 0 unspecified atom stereocenters. The fraction of sp³-hybridized carbons (Fsp3) is 0.250. The van der Waals surface area contributed by atoms with Gasteiger partial charge in [-0.25, -0.2) is 0 Å². The van der Waals surface area contributed by atoms with Crippen LogP contribution in [0.25, 0.3) is 0 Å². The first kappa shape index (κ1) is 14.8. The van der Waals surface area contributed by atoms with Crippen molar-refractivity contribution in [3.05, 3.63) is 63.7 Å². The van der Waals surface area contributed by atoms with Gasteiger partial charge in [0.15, 0.2) is 0 Å². The zero-order valence-corrected chi connectivity index (χ0v) is 12.5. The molecule has 21 heavy (non-hydrogen) atoms. The molecule has 0 radical (unpaired) electrons. The van der Waals surface area contributed by atoms with Crippen molar-refractivity contribution in [1.82, 2.24) is 0 Å². The molecule has 0 aliphatic carbocycles. The molecule has 0 aromatic heterocycles. The first-order valence-electron chi connectivity index (χ1n) is 6.72. The topological polar surface area (TPSA) is 58.4 Å². The highest BCUT2D eigenvalue weighted by Crippen LogP contribution is 2.28. The van der Waals surface area contributed by atoms with Gasteiger partial charge in [-0.2, -0.15) is 0 Å². The van der Waals surface area contributed by atoms with E-state index in [4.69, 9.17) is 0 Å². The van der Waals surface area contributed by atoms with Crippen molar-refractivity contribution in [2.45, 2.75) is 13.5 Å². The lowest BCUT2D eigenvalue weighted by atomic mass is 10.1. The van der Waals surface area contributed by atoms with E-state index in [0.29, 0.717) is 12.2 Å². The number of aryl methyl sites for hydroxylation is 1. The Balaban J connectivity index is 2.17. The summed E-state index contributed by atoms with van der Waals surface area (Å²) in [5.74, 6) is 0. The largest absolute Gasteiger partial charge is 0.381 e. The van der Waals surface area contributed by atoms with Crippen LogP contribution >= 0.6 is 0 Å². The van der Waals surface area contributed by atoms with Crippen LogP contribution in [-0.4, -0.2) is 19.0 Å². The molecule has 2 aromatic carbocycles. The average molecular weight is 285 g/mol. The average Bonchev–Trinajstić information content (AvgIpc) is 2.44. The Morgan fingerprint density at radius 1 is 1.19 bits per heavy atom. The number of anilines is 2. The van der Waals surface area contributed by atoms with Gasteiger partial charge in [-0.3, -0.25) is 10.1 Å². The number of nitro benzene ring substituents is 1. The summed E-state index contributed by atoms with van der Waals surface area (Å²) in [4.78, 5) is 12.6. The predicted molar refractivity (Wildman–Crippen MR) is 85.9 cm³/mol. The summed E-state index contributed by atoms with van der Waals surface area (Å²) in [6.45, 7) is 2.58. The Morgan fingerprint density at radius 2 is 1.95 bits per heavy atom. The zero-order valence-electron chi connectivity index (χ0n) is 12.5. The second-order valence-corrected chi connectivity index (χ2v) is 5.20. The molecular weight excluding hydrogens is 266 g/mol. The Hall–Kier alpha value is -2.56. The number of hydrogen-bond donors (Lipinski definition) is 1. The Bertz CT molecular complexity index is 654. The van der Waals surface area contributed by atoms with E-state index in [9.17, 15) is 10.1 Å². The van der Waals surface area contributed by atoms with Crippen molar-refractivity contribution < 1.29 is 4.92 Å². The third kappa shape index (κ3) is 3.72. The van der Waals surface area contributed by atoms with Gasteiger partial charge in [-0.1, -0.05) is 18.2 Å². The summed E-state index contributed by atoms with van der Waals surface area (Å²) in [6, 6.07) is 13.4. The first-order chi connectivity index (χ1) is 9.97. The summed E-state index contributed by atoms with van der Waals surface area (Å²) in [5.41, 5.74) is 3.81. The molecule has 110 valence electrons. The van der Waals surface area contributed by atoms with E-state index in [-0.39, 0.29) is 10.6 Å². The van der Waals surface area contributed by atoms with Crippen molar-refractivity contribution in [2.24, 2.45) is 0 Å². The van der Waals surface area contributed by atoms with E-state index in [1.165, 1.54) is 5.56 Å². The van der Waals surface area contributed by atoms with Crippen LogP contribution in [0.2, 0.25) is 0 Å². The van der Waals surface area contributed by atoms with Crippen molar-refractivity contribution >= 4 is 17.1 Å². The number of nitro groups is 1. The number of hydrogen-bond acceptors (Lipinski definition) is 4. The summed E-state index contributed by atoms with van der Waals surface area (Å²) in [6.07, 6.45) is 0. The van der Waals surface area contributed by atoms with Crippen molar-refractivity contribution in [2.75, 3.05) is 24.3 Å². The number of rotatable bonds is 5. The Kier molecular flexibility index (Phi) is 4.42. The molecule has 0 atom stereocenters. The fourth-order valence-electron chi connectivity index (χ4n) is 2.16. The van der Waals surface area contributed by atoms with Gasteiger partial charge in [0.2, 0.25) is 0 Å². The van der Waals surface area contributed by atoms with Crippen LogP contribution < -0.4 is 10.2 Å². The highest BCUT2D eigenvalue weighted by Gasteiger charge is 2.15. The molecule has 5 heteroatoms. The molecule has 0 saturated heterocycles. The lowest BCUT2D eigenvalue weighted by Crippen LogP contribution is -2.11. The van der Waals surface area contributed by atoms with Crippen LogP contribution in [-0.2, 0) is 6.54 Å². The second-order valence-electron chi connectivity index (χ2n) is 5.20. The third-order valence-electron chi connectivity index (χ3n) is 3.23. The Morgan fingerprint density at radius 3 is 2.57 bits per heavy atom. The van der Waals surface area contributed by atoms with Gasteiger partial charge in [0.1, 0.15) is 5.69 Å². The maximum Gasteiger partial charge on any atom is 0.292 e. The molecule has 0 amide bonds. The van der Waals surface area contributed by atoms with Crippen molar-refractivity contribution in [3.63, 3.8) is 0 Å². The van der Waals surface area contributed by atoms with Gasteiger partial charge in [-0.05, 0) is 36.2 Å². The van der Waals surface area contributed by atoms with Gasteiger partial charge in [0.05, 0.1) is 4.92 Å². The number of nitrogens with zero attached hydrogens (tertiary/aromatic N) is 2. The van der Waals surface area contributed by atoms with E-state index >= 15 is 0 Å². The van der Waals surface area contributed by atoms with E-state index < -0.39 is 0 Å². The maximum atomic E-state index is 11.2. The van der Waals surface area contributed by atoms with Crippen LogP contribution in [0, 0.1) is 17.0 Å². The monoisotopic (exact) mass is 285 g/mol. The molecule has 1 N–H and O–H groups in total. The highest BCUT2D eigenvalue weighted by atomic mass is 16.6. The van der Waals surface area contributed by atoms with Crippen LogP contribution in [0.3, 0.4) is 0 Å². The number of nitrogens with one attached hydrogen (secondary N) is 1. The zero-order chi connectivity index (χ0) is 15.4. The summed E-state index contributed by atoms with van der Waals surface area (Å²) < 4.78 is 0. The SMILES string of the molecule is Cc1cccc(NCc2ccc(N(C)C)c([N+](=O)[O-])c2)c1. The fourth-order valence-corrected chi connectivity index (χ4v) is 2.16. The summed E-state index contributed by atoms with van der Waals surface area (Å²) >= 11 is 0. The molecule has 0 heterocycles.